The minimum Gasteiger partial charge on any atom is -0.487 e. The van der Waals surface area contributed by atoms with E-state index in [4.69, 9.17) is 4.74 Å². The number of rotatable bonds is 4. The number of nitro groups is 1. The molecule has 0 fully saturated rings. The van der Waals surface area contributed by atoms with Gasteiger partial charge in [0.15, 0.2) is 0 Å². The average molecular weight is 262 g/mol. The summed E-state index contributed by atoms with van der Waals surface area (Å²) in [5.41, 5.74) is 1.13. The van der Waals surface area contributed by atoms with Crippen LogP contribution in [-0.2, 0) is 6.61 Å². The monoisotopic (exact) mass is 262 g/mol. The molecule has 0 saturated carbocycles. The van der Waals surface area contributed by atoms with Crippen molar-refractivity contribution in [2.24, 2.45) is 0 Å². The van der Waals surface area contributed by atoms with E-state index in [9.17, 15) is 14.5 Å². The van der Waals surface area contributed by atoms with Gasteiger partial charge in [-0.25, -0.2) is 0 Å². The van der Waals surface area contributed by atoms with Crippen molar-refractivity contribution in [3.63, 3.8) is 0 Å². The lowest BCUT2D eigenvalue weighted by atomic mass is 10.2. The zero-order chi connectivity index (χ0) is 13.8. The van der Waals surface area contributed by atoms with E-state index in [-0.39, 0.29) is 12.4 Å². The highest BCUT2D eigenvalue weighted by atomic mass is 19.1. The van der Waals surface area contributed by atoms with Crippen molar-refractivity contribution >= 4 is 5.69 Å². The van der Waals surface area contributed by atoms with Gasteiger partial charge in [-0.1, -0.05) is 6.07 Å². The molecule has 0 aliphatic rings. The fourth-order valence-corrected chi connectivity index (χ4v) is 1.55. The van der Waals surface area contributed by atoms with Crippen LogP contribution < -0.4 is 4.74 Å². The van der Waals surface area contributed by atoms with E-state index in [0.717, 1.165) is 23.4 Å². The second-order valence-corrected chi connectivity index (χ2v) is 3.93. The zero-order valence-electron chi connectivity index (χ0n) is 10.2. The molecule has 6 heteroatoms. The smallest absolute Gasteiger partial charge is 0.305 e. The number of halogens is 1. The highest BCUT2D eigenvalue weighted by molar-refractivity contribution is 5.38. The molecule has 19 heavy (non-hydrogen) atoms. The number of nitro benzene ring substituents is 1. The van der Waals surface area contributed by atoms with Gasteiger partial charge in [0.25, 0.3) is 0 Å². The van der Waals surface area contributed by atoms with Crippen LogP contribution in [0.4, 0.5) is 10.1 Å². The summed E-state index contributed by atoms with van der Waals surface area (Å²) >= 11 is 0. The molecule has 0 spiro atoms. The Balaban J connectivity index is 2.11. The van der Waals surface area contributed by atoms with Crippen LogP contribution in [0.3, 0.4) is 0 Å². The van der Waals surface area contributed by atoms with E-state index < -0.39 is 16.4 Å². The first-order chi connectivity index (χ1) is 9.08. The second-order valence-electron chi connectivity index (χ2n) is 3.93. The van der Waals surface area contributed by atoms with Crippen LogP contribution in [0.2, 0.25) is 0 Å². The molecule has 1 heterocycles. The first-order valence-electron chi connectivity index (χ1n) is 5.55. The Hall–Kier alpha value is -2.50. The first kappa shape index (κ1) is 12.9. The Morgan fingerprint density at radius 3 is 2.84 bits per heavy atom. The molecular formula is C13H11FN2O3. The minimum absolute atomic E-state index is 0.184. The molecule has 2 rings (SSSR count). The van der Waals surface area contributed by atoms with E-state index in [1.807, 2.05) is 19.1 Å². The lowest BCUT2D eigenvalue weighted by Crippen LogP contribution is -2.01. The van der Waals surface area contributed by atoms with Crippen molar-refractivity contribution in [2.75, 3.05) is 0 Å². The van der Waals surface area contributed by atoms with Crippen LogP contribution >= 0.6 is 0 Å². The topological polar surface area (TPSA) is 65.3 Å². The SMILES string of the molecule is Cc1cccnc1COc1ccc([N+](=O)[O-])c(F)c1. The molecule has 0 atom stereocenters. The van der Waals surface area contributed by atoms with E-state index in [2.05, 4.69) is 4.98 Å². The molecule has 0 amide bonds. The molecule has 1 aromatic heterocycles. The van der Waals surface area contributed by atoms with Crippen molar-refractivity contribution in [2.45, 2.75) is 13.5 Å². The fourth-order valence-electron chi connectivity index (χ4n) is 1.55. The van der Waals surface area contributed by atoms with Gasteiger partial charge >= 0.3 is 5.69 Å². The Morgan fingerprint density at radius 1 is 1.42 bits per heavy atom. The van der Waals surface area contributed by atoms with Crippen LogP contribution in [0.5, 0.6) is 5.75 Å². The predicted octanol–water partition coefficient (Wildman–Crippen LogP) is 3.02. The number of aromatic nitrogens is 1. The maximum absolute atomic E-state index is 13.4. The first-order valence-corrected chi connectivity index (χ1v) is 5.55. The maximum Gasteiger partial charge on any atom is 0.305 e. The molecule has 5 nitrogen and oxygen atoms in total. The van der Waals surface area contributed by atoms with E-state index in [1.54, 1.807) is 6.20 Å². The Kier molecular flexibility index (Phi) is 3.70. The summed E-state index contributed by atoms with van der Waals surface area (Å²) in [5.74, 6) is -0.687. The number of hydrogen-bond donors (Lipinski definition) is 0. The number of pyridine rings is 1. The standard InChI is InChI=1S/C13H11FN2O3/c1-9-3-2-6-15-12(9)8-19-10-4-5-13(16(17)18)11(14)7-10/h2-7H,8H2,1H3. The number of hydrogen-bond acceptors (Lipinski definition) is 4. The van der Waals surface area contributed by atoms with Crippen molar-refractivity contribution in [3.05, 3.63) is 63.7 Å². The lowest BCUT2D eigenvalue weighted by Gasteiger charge is -2.07. The average Bonchev–Trinajstić information content (AvgIpc) is 2.37. The number of benzene rings is 1. The third-order valence-electron chi connectivity index (χ3n) is 2.61. The van der Waals surface area contributed by atoms with Crippen LogP contribution in [0, 0.1) is 22.9 Å². The van der Waals surface area contributed by atoms with Gasteiger partial charge in [0.1, 0.15) is 12.4 Å². The third kappa shape index (κ3) is 3.04. The van der Waals surface area contributed by atoms with Crippen LogP contribution in [0.25, 0.3) is 0 Å². The second kappa shape index (κ2) is 5.43. The van der Waals surface area contributed by atoms with Gasteiger partial charge in [-0.05, 0) is 24.6 Å². The van der Waals surface area contributed by atoms with Gasteiger partial charge in [-0.15, -0.1) is 0 Å². The largest absolute Gasteiger partial charge is 0.487 e. The minimum atomic E-state index is -0.916. The molecule has 98 valence electrons. The Labute approximate surface area is 108 Å². The van der Waals surface area contributed by atoms with E-state index in [0.29, 0.717) is 0 Å². The summed E-state index contributed by atoms with van der Waals surface area (Å²) in [5, 5.41) is 10.5. The van der Waals surface area contributed by atoms with Gasteiger partial charge in [-0.2, -0.15) is 4.39 Å². The number of aryl methyl sites for hydroxylation is 1. The van der Waals surface area contributed by atoms with Crippen molar-refractivity contribution in [1.82, 2.24) is 4.98 Å². The molecule has 0 unspecified atom stereocenters. The Morgan fingerprint density at radius 2 is 2.21 bits per heavy atom. The van der Waals surface area contributed by atoms with Gasteiger partial charge in [0, 0.05) is 18.3 Å². The fraction of sp³-hybridized carbons (Fsp3) is 0.154. The van der Waals surface area contributed by atoms with Crippen molar-refractivity contribution in [1.29, 1.82) is 0 Å². The molecule has 0 aliphatic carbocycles. The molecule has 2 aromatic rings. The predicted molar refractivity (Wildman–Crippen MR) is 66.4 cm³/mol. The lowest BCUT2D eigenvalue weighted by molar-refractivity contribution is -0.387. The molecule has 1 aromatic carbocycles. The van der Waals surface area contributed by atoms with Crippen molar-refractivity contribution < 1.29 is 14.1 Å². The van der Waals surface area contributed by atoms with Crippen LogP contribution in [-0.4, -0.2) is 9.91 Å². The summed E-state index contributed by atoms with van der Waals surface area (Å²) in [6, 6.07) is 7.14. The molecule has 0 aliphatic heterocycles. The van der Waals surface area contributed by atoms with Gasteiger partial charge in [0.2, 0.25) is 5.82 Å². The molecule has 0 bridgehead atoms. The molecular weight excluding hydrogens is 251 g/mol. The number of ether oxygens (including phenoxy) is 1. The van der Waals surface area contributed by atoms with Gasteiger partial charge in [-0.3, -0.25) is 15.1 Å². The molecule has 0 N–H and O–H groups in total. The summed E-state index contributed by atoms with van der Waals surface area (Å²) in [6.07, 6.45) is 1.64. The summed E-state index contributed by atoms with van der Waals surface area (Å²) in [7, 11) is 0. The summed E-state index contributed by atoms with van der Waals surface area (Å²) < 4.78 is 18.7. The van der Waals surface area contributed by atoms with Gasteiger partial charge in [0.05, 0.1) is 10.6 Å². The molecule has 0 saturated heterocycles. The Bertz CT molecular complexity index is 617. The summed E-state index contributed by atoms with van der Waals surface area (Å²) in [4.78, 5) is 13.8. The normalized spacial score (nSPS) is 10.2. The maximum atomic E-state index is 13.4. The number of nitrogens with zero attached hydrogens (tertiary/aromatic N) is 2. The van der Waals surface area contributed by atoms with Crippen LogP contribution in [0.1, 0.15) is 11.3 Å². The highest BCUT2D eigenvalue weighted by Crippen LogP contribution is 2.23. The summed E-state index contributed by atoms with van der Waals surface area (Å²) in [6.45, 7) is 2.08. The third-order valence-corrected chi connectivity index (χ3v) is 2.61. The zero-order valence-corrected chi connectivity index (χ0v) is 10.2. The van der Waals surface area contributed by atoms with Crippen molar-refractivity contribution in [3.8, 4) is 5.75 Å². The highest BCUT2D eigenvalue weighted by Gasteiger charge is 2.14. The van der Waals surface area contributed by atoms with Gasteiger partial charge < -0.3 is 4.74 Å². The quantitative estimate of drug-likeness (QED) is 0.627. The van der Waals surface area contributed by atoms with Crippen LogP contribution in [0.15, 0.2) is 36.5 Å². The van der Waals surface area contributed by atoms with E-state index in [1.165, 1.54) is 6.07 Å². The van der Waals surface area contributed by atoms with E-state index >= 15 is 0 Å². The molecule has 0 radical (unpaired) electrons.